The van der Waals surface area contributed by atoms with Crippen LogP contribution in [-0.2, 0) is 6.54 Å². The molecule has 19 heavy (non-hydrogen) atoms. The molecule has 106 valence electrons. The molecule has 0 radical (unpaired) electrons. The van der Waals surface area contributed by atoms with Gasteiger partial charge in [0.2, 0.25) is 0 Å². The fourth-order valence-corrected chi connectivity index (χ4v) is 3.22. The van der Waals surface area contributed by atoms with E-state index in [1.165, 1.54) is 11.1 Å². The Kier molecular flexibility index (Phi) is 4.62. The zero-order chi connectivity index (χ0) is 14.0. The summed E-state index contributed by atoms with van der Waals surface area (Å²) in [6, 6.07) is 0.365. The molecule has 1 saturated heterocycles. The molecule has 1 fully saturated rings. The molecule has 2 unspecified atom stereocenters. The van der Waals surface area contributed by atoms with Crippen LogP contribution in [0.1, 0.15) is 33.1 Å². The van der Waals surface area contributed by atoms with Crippen molar-refractivity contribution in [3.8, 4) is 0 Å². The van der Waals surface area contributed by atoms with Crippen LogP contribution < -0.4 is 16.2 Å². The molecule has 2 atom stereocenters. The summed E-state index contributed by atoms with van der Waals surface area (Å²) in [5.41, 5.74) is 6.88. The fourth-order valence-electron chi connectivity index (χ4n) is 2.68. The third-order valence-electron chi connectivity index (χ3n) is 3.73. The van der Waals surface area contributed by atoms with Gasteiger partial charge in [0, 0.05) is 25.2 Å². The molecule has 1 aromatic rings. The van der Waals surface area contributed by atoms with E-state index in [1.54, 1.807) is 6.20 Å². The SMILES string of the molecule is CCn1ncc(N2CCCCC2C(C)N)c(Br)c1=O. The van der Waals surface area contributed by atoms with Gasteiger partial charge in [0.1, 0.15) is 4.47 Å². The van der Waals surface area contributed by atoms with E-state index < -0.39 is 0 Å². The lowest BCUT2D eigenvalue weighted by atomic mass is 9.96. The number of aryl methyl sites for hydroxylation is 1. The molecule has 0 saturated carbocycles. The van der Waals surface area contributed by atoms with Gasteiger partial charge in [-0.25, -0.2) is 4.68 Å². The predicted octanol–water partition coefficient (Wildman–Crippen LogP) is 1.73. The Labute approximate surface area is 121 Å². The lowest BCUT2D eigenvalue weighted by Crippen LogP contribution is -2.50. The van der Waals surface area contributed by atoms with Gasteiger partial charge in [-0.3, -0.25) is 4.79 Å². The van der Waals surface area contributed by atoms with E-state index in [0.717, 1.165) is 25.1 Å². The molecule has 5 nitrogen and oxygen atoms in total. The van der Waals surface area contributed by atoms with Gasteiger partial charge in [0.05, 0.1) is 11.9 Å². The summed E-state index contributed by atoms with van der Waals surface area (Å²) in [6.07, 6.45) is 5.17. The average molecular weight is 329 g/mol. The first-order valence-electron chi connectivity index (χ1n) is 6.84. The van der Waals surface area contributed by atoms with E-state index in [1.807, 2.05) is 13.8 Å². The first-order chi connectivity index (χ1) is 9.06. The van der Waals surface area contributed by atoms with Gasteiger partial charge in [0.25, 0.3) is 5.56 Å². The molecular weight excluding hydrogens is 308 g/mol. The largest absolute Gasteiger partial charge is 0.365 e. The molecular formula is C13H21BrN4O. The van der Waals surface area contributed by atoms with Crippen molar-refractivity contribution in [1.82, 2.24) is 9.78 Å². The van der Waals surface area contributed by atoms with Crippen molar-refractivity contribution in [3.63, 3.8) is 0 Å². The van der Waals surface area contributed by atoms with Gasteiger partial charge >= 0.3 is 0 Å². The molecule has 0 aromatic carbocycles. The highest BCUT2D eigenvalue weighted by molar-refractivity contribution is 9.10. The fraction of sp³-hybridized carbons (Fsp3) is 0.692. The quantitative estimate of drug-likeness (QED) is 0.917. The molecule has 0 aliphatic carbocycles. The van der Waals surface area contributed by atoms with Crippen LogP contribution in [-0.4, -0.2) is 28.4 Å². The molecule has 1 aromatic heterocycles. The van der Waals surface area contributed by atoms with Crippen LogP contribution >= 0.6 is 15.9 Å². The molecule has 2 heterocycles. The minimum absolute atomic E-state index is 0.0750. The zero-order valence-electron chi connectivity index (χ0n) is 11.5. The Morgan fingerprint density at radius 1 is 1.58 bits per heavy atom. The first-order valence-corrected chi connectivity index (χ1v) is 7.63. The number of nitrogens with two attached hydrogens (primary N) is 1. The standard InChI is InChI=1S/C13H21BrN4O/c1-3-18-13(19)12(14)11(8-16-18)17-7-5-4-6-10(17)9(2)15/h8-10H,3-7,15H2,1-2H3. The Morgan fingerprint density at radius 2 is 2.32 bits per heavy atom. The number of anilines is 1. The van der Waals surface area contributed by atoms with Crippen LogP contribution in [0.5, 0.6) is 0 Å². The summed E-state index contributed by atoms with van der Waals surface area (Å²) >= 11 is 3.43. The van der Waals surface area contributed by atoms with Crippen LogP contribution in [0.4, 0.5) is 5.69 Å². The average Bonchev–Trinajstić information content (AvgIpc) is 2.42. The summed E-state index contributed by atoms with van der Waals surface area (Å²) in [5, 5.41) is 4.22. The lowest BCUT2D eigenvalue weighted by molar-refractivity contribution is 0.412. The summed E-state index contributed by atoms with van der Waals surface area (Å²) < 4.78 is 2.05. The number of piperidine rings is 1. The maximum Gasteiger partial charge on any atom is 0.283 e. The molecule has 0 spiro atoms. The smallest absolute Gasteiger partial charge is 0.283 e. The van der Waals surface area contributed by atoms with E-state index in [4.69, 9.17) is 5.73 Å². The Balaban J connectivity index is 2.40. The number of hydrogen-bond acceptors (Lipinski definition) is 4. The minimum Gasteiger partial charge on any atom is -0.365 e. The van der Waals surface area contributed by atoms with Gasteiger partial charge in [-0.05, 0) is 49.0 Å². The highest BCUT2D eigenvalue weighted by atomic mass is 79.9. The zero-order valence-corrected chi connectivity index (χ0v) is 13.1. The maximum absolute atomic E-state index is 12.1. The Hall–Kier alpha value is -0.880. The summed E-state index contributed by atoms with van der Waals surface area (Å²) in [5.74, 6) is 0. The number of aromatic nitrogens is 2. The van der Waals surface area contributed by atoms with Gasteiger partial charge in [-0.1, -0.05) is 0 Å². The van der Waals surface area contributed by atoms with Crippen molar-refractivity contribution in [2.45, 2.75) is 51.7 Å². The number of rotatable bonds is 3. The van der Waals surface area contributed by atoms with Gasteiger partial charge in [0.15, 0.2) is 0 Å². The van der Waals surface area contributed by atoms with E-state index in [9.17, 15) is 4.79 Å². The normalized spacial score (nSPS) is 21.5. The molecule has 0 amide bonds. The molecule has 6 heteroatoms. The maximum atomic E-state index is 12.1. The monoisotopic (exact) mass is 328 g/mol. The van der Waals surface area contributed by atoms with Crippen molar-refractivity contribution in [2.75, 3.05) is 11.4 Å². The van der Waals surface area contributed by atoms with Crippen LogP contribution in [0, 0.1) is 0 Å². The van der Waals surface area contributed by atoms with E-state index >= 15 is 0 Å². The van der Waals surface area contributed by atoms with E-state index in [0.29, 0.717) is 11.0 Å². The van der Waals surface area contributed by atoms with Crippen molar-refractivity contribution < 1.29 is 0 Å². The second-order valence-corrected chi connectivity index (χ2v) is 5.87. The first kappa shape index (κ1) is 14.5. The predicted molar refractivity (Wildman–Crippen MR) is 80.5 cm³/mol. The number of hydrogen-bond donors (Lipinski definition) is 1. The van der Waals surface area contributed by atoms with Crippen LogP contribution in [0.25, 0.3) is 0 Å². The van der Waals surface area contributed by atoms with Crippen molar-refractivity contribution in [2.24, 2.45) is 5.73 Å². The molecule has 2 rings (SSSR count). The van der Waals surface area contributed by atoms with Gasteiger partial charge in [-0.2, -0.15) is 5.10 Å². The summed E-state index contributed by atoms with van der Waals surface area (Å²) in [7, 11) is 0. The Bertz CT molecular complexity index is 500. The summed E-state index contributed by atoms with van der Waals surface area (Å²) in [6.45, 7) is 5.44. The topological polar surface area (TPSA) is 64.2 Å². The second-order valence-electron chi connectivity index (χ2n) is 5.08. The van der Waals surface area contributed by atoms with E-state index in [2.05, 4.69) is 25.9 Å². The van der Waals surface area contributed by atoms with Gasteiger partial charge < -0.3 is 10.6 Å². The van der Waals surface area contributed by atoms with Crippen molar-refractivity contribution in [3.05, 3.63) is 21.0 Å². The van der Waals surface area contributed by atoms with Crippen molar-refractivity contribution in [1.29, 1.82) is 0 Å². The third kappa shape index (κ3) is 2.84. The summed E-state index contributed by atoms with van der Waals surface area (Å²) in [4.78, 5) is 14.4. The molecule has 2 N–H and O–H groups in total. The van der Waals surface area contributed by atoms with Crippen LogP contribution in [0.15, 0.2) is 15.5 Å². The molecule has 1 aliphatic rings. The third-order valence-corrected chi connectivity index (χ3v) is 4.48. The highest BCUT2D eigenvalue weighted by Gasteiger charge is 2.28. The number of halogens is 1. The number of nitrogens with zero attached hydrogens (tertiary/aromatic N) is 3. The van der Waals surface area contributed by atoms with Gasteiger partial charge in [-0.15, -0.1) is 0 Å². The lowest BCUT2D eigenvalue weighted by Gasteiger charge is -2.39. The highest BCUT2D eigenvalue weighted by Crippen LogP contribution is 2.29. The van der Waals surface area contributed by atoms with Crippen LogP contribution in [0.2, 0.25) is 0 Å². The Morgan fingerprint density at radius 3 is 2.95 bits per heavy atom. The molecule has 0 bridgehead atoms. The second kappa shape index (κ2) is 6.05. The van der Waals surface area contributed by atoms with Crippen LogP contribution in [0.3, 0.4) is 0 Å². The van der Waals surface area contributed by atoms with Crippen molar-refractivity contribution >= 4 is 21.6 Å². The van der Waals surface area contributed by atoms with E-state index in [-0.39, 0.29) is 17.6 Å². The molecule has 1 aliphatic heterocycles. The minimum atomic E-state index is -0.0750.